The smallest absolute Gasteiger partial charge is 0.753 e. The second kappa shape index (κ2) is 23.1. The van der Waals surface area contributed by atoms with Gasteiger partial charge >= 0.3 is 26.8 Å². The molecule has 1 atom stereocenters. The fourth-order valence-corrected chi connectivity index (χ4v) is 0. The van der Waals surface area contributed by atoms with Gasteiger partial charge in [-0.05, 0) is 0 Å². The van der Waals surface area contributed by atoms with Gasteiger partial charge in [-0.2, -0.15) is 54.7 Å². The summed E-state index contributed by atoms with van der Waals surface area (Å²) in [7, 11) is -27.4. The van der Waals surface area contributed by atoms with E-state index in [9.17, 15) is 54.7 Å². The van der Waals surface area contributed by atoms with Crippen LogP contribution < -0.4 is 23.8 Å². The van der Waals surface area contributed by atoms with Gasteiger partial charge in [-0.1, -0.05) is 0 Å². The summed E-state index contributed by atoms with van der Waals surface area (Å²) in [5.41, 5.74) is 0. The first kappa shape index (κ1) is 56.4. The molecule has 0 heterocycles. The van der Waals surface area contributed by atoms with Crippen molar-refractivity contribution in [2.24, 2.45) is 0 Å². The molecule has 0 saturated heterocycles. The molecule has 0 aromatic carbocycles. The fourth-order valence-electron chi connectivity index (χ4n) is 0. The van der Waals surface area contributed by atoms with Crippen LogP contribution in [-0.2, 0) is 65.3 Å². The molecule has 0 saturated carbocycles. The van der Waals surface area contributed by atoms with Crippen molar-refractivity contribution in [2.75, 3.05) is 37.5 Å². The Bertz CT molecular complexity index is 935. The van der Waals surface area contributed by atoms with Crippen LogP contribution in [0.25, 0.3) is 0 Å². The first-order valence-electron chi connectivity index (χ1n) is 6.28. The van der Waals surface area contributed by atoms with E-state index in [0.717, 1.165) is 0 Å². The van der Waals surface area contributed by atoms with E-state index in [4.69, 9.17) is 41.7 Å². The van der Waals surface area contributed by atoms with E-state index in [1.54, 1.807) is 0 Å². The molecule has 0 aliphatic heterocycles. The zero-order chi connectivity index (χ0) is 31.5. The SMILES string of the molecule is CS(=O)(=O)O.CS(=O)(=O)O.CS(=O)(=O)O.CS(=O)(=O)O.CS(=O)(=O)O.CS(=O)(=O)O.O=P([O-])(O)F.[Li+]. The summed E-state index contributed by atoms with van der Waals surface area (Å²) in [5.74, 6) is 0. The van der Waals surface area contributed by atoms with E-state index in [1.807, 2.05) is 0 Å². The summed E-state index contributed by atoms with van der Waals surface area (Å²) in [6.07, 6.45) is 4.29. The van der Waals surface area contributed by atoms with E-state index < -0.39 is 68.6 Å². The van der Waals surface area contributed by atoms with Crippen LogP contribution in [-0.4, -0.2) is 120 Å². The van der Waals surface area contributed by atoms with Gasteiger partial charge in [-0.15, -0.1) is 0 Å². The van der Waals surface area contributed by atoms with Crippen LogP contribution in [0.1, 0.15) is 0 Å². The Hall–Kier alpha value is 0.137. The summed E-state index contributed by atoms with van der Waals surface area (Å²) in [6, 6.07) is 0. The maximum atomic E-state index is 10.2. The van der Waals surface area contributed by atoms with Crippen molar-refractivity contribution in [3.05, 3.63) is 0 Å². The molecule has 36 heavy (non-hydrogen) atoms. The van der Waals surface area contributed by atoms with Gasteiger partial charge < -0.3 is 9.79 Å². The first-order valence-corrected chi connectivity index (χ1v) is 18.8. The van der Waals surface area contributed by atoms with Gasteiger partial charge in [0.25, 0.3) is 60.7 Å². The molecule has 21 nitrogen and oxygen atoms in total. The van der Waals surface area contributed by atoms with E-state index in [1.165, 1.54) is 0 Å². The van der Waals surface area contributed by atoms with Crippen molar-refractivity contribution in [3.8, 4) is 0 Å². The molecule has 0 radical (unpaired) electrons. The predicted octanol–water partition coefficient (Wildman–Crippen LogP) is -6.56. The Labute approximate surface area is 220 Å². The number of rotatable bonds is 0. The molecular formula is C6H25FLiO21PS6. The summed E-state index contributed by atoms with van der Waals surface area (Å²) >= 11 is 0. The zero-order valence-corrected chi connectivity index (χ0v) is 24.9. The summed E-state index contributed by atoms with van der Waals surface area (Å²) in [5, 5.41) is 0. The maximum absolute atomic E-state index is 10.2. The molecule has 0 aliphatic rings. The van der Waals surface area contributed by atoms with Crippen molar-refractivity contribution >= 4 is 68.6 Å². The topological polar surface area (TPSA) is 387 Å². The molecule has 30 heteroatoms. The molecule has 0 spiro atoms. The molecule has 0 rings (SSSR count). The average molecular weight is 683 g/mol. The molecule has 0 aromatic heterocycles. The normalized spacial score (nSPS) is 12.6. The van der Waals surface area contributed by atoms with Gasteiger partial charge in [0.05, 0.1) is 37.5 Å². The van der Waals surface area contributed by atoms with Crippen LogP contribution in [0.3, 0.4) is 0 Å². The third-order valence-corrected chi connectivity index (χ3v) is 0. The van der Waals surface area contributed by atoms with Crippen molar-refractivity contribution in [1.29, 1.82) is 0 Å². The molecule has 0 bridgehead atoms. The molecule has 0 fully saturated rings. The number of hydrogen-bond donors (Lipinski definition) is 7. The monoisotopic (exact) mass is 682 g/mol. The molecule has 7 N–H and O–H groups in total. The second-order valence-corrected chi connectivity index (χ2v) is 14.5. The van der Waals surface area contributed by atoms with Crippen LogP contribution in [0.4, 0.5) is 4.20 Å². The minimum absolute atomic E-state index is 0. The largest absolute Gasteiger partial charge is 1.00 e. The summed E-state index contributed by atoms with van der Waals surface area (Å²) in [4.78, 5) is 15.4. The van der Waals surface area contributed by atoms with Gasteiger partial charge in [0.1, 0.15) is 0 Å². The van der Waals surface area contributed by atoms with Gasteiger partial charge in [0.15, 0.2) is 0 Å². The Balaban J connectivity index is -0.0000000422. The Morgan fingerprint density at radius 2 is 0.472 bits per heavy atom. The van der Waals surface area contributed by atoms with Crippen LogP contribution in [0.5, 0.6) is 0 Å². The molecule has 0 aliphatic carbocycles. The predicted molar refractivity (Wildman–Crippen MR) is 116 cm³/mol. The number of hydrogen-bond acceptors (Lipinski definition) is 14. The Kier molecular flexibility index (Phi) is 36.1. The molecule has 0 amide bonds. The maximum Gasteiger partial charge on any atom is 1.00 e. The Morgan fingerprint density at radius 1 is 0.472 bits per heavy atom. The van der Waals surface area contributed by atoms with Crippen LogP contribution in [0.2, 0.25) is 0 Å². The number of halogens is 1. The van der Waals surface area contributed by atoms with E-state index in [2.05, 4.69) is 0 Å². The van der Waals surface area contributed by atoms with E-state index in [-0.39, 0.29) is 18.9 Å². The second-order valence-electron chi connectivity index (χ2n) is 4.85. The third kappa shape index (κ3) is 1990000. The standard InChI is InChI=1S/6CH4O3S.FH2O3P.Li/c7*1-5(2,3)4;/h6*1H3,(H,2,3,4);(H2,2,3,4);/q;;;;;;;+1/p-1. The van der Waals surface area contributed by atoms with Crippen molar-refractivity contribution in [1.82, 2.24) is 0 Å². The Morgan fingerprint density at radius 3 is 0.472 bits per heavy atom. The van der Waals surface area contributed by atoms with E-state index in [0.29, 0.717) is 37.5 Å². The first-order chi connectivity index (χ1) is 14.0. The average Bonchev–Trinajstić information content (AvgIpc) is 2.06. The zero-order valence-electron chi connectivity index (χ0n) is 19.1. The van der Waals surface area contributed by atoms with Crippen LogP contribution in [0, 0.1) is 0 Å². The van der Waals surface area contributed by atoms with Gasteiger partial charge in [0, 0.05) is 0 Å². The molecular weight excluding hydrogens is 657 g/mol. The summed E-state index contributed by atoms with van der Waals surface area (Å²) in [6.45, 7) is 0. The van der Waals surface area contributed by atoms with Gasteiger partial charge in [-0.3, -0.25) is 31.9 Å². The minimum Gasteiger partial charge on any atom is -0.753 e. The fraction of sp³-hybridized carbons (Fsp3) is 1.00. The minimum atomic E-state index is -5.39. The molecule has 1 unspecified atom stereocenters. The van der Waals surface area contributed by atoms with Crippen LogP contribution >= 0.6 is 7.91 Å². The van der Waals surface area contributed by atoms with Crippen molar-refractivity contribution in [3.63, 3.8) is 0 Å². The molecule has 0 aromatic rings. The van der Waals surface area contributed by atoms with Crippen molar-refractivity contribution < 1.29 is 115 Å². The van der Waals surface area contributed by atoms with Gasteiger partial charge in [0.2, 0.25) is 0 Å². The van der Waals surface area contributed by atoms with E-state index >= 15 is 0 Å². The third-order valence-electron chi connectivity index (χ3n) is 0. The summed E-state index contributed by atoms with van der Waals surface area (Å²) < 4.78 is 174. The molecule has 224 valence electrons. The van der Waals surface area contributed by atoms with Crippen molar-refractivity contribution in [2.45, 2.75) is 0 Å². The van der Waals surface area contributed by atoms with Crippen LogP contribution in [0.15, 0.2) is 0 Å². The van der Waals surface area contributed by atoms with Gasteiger partial charge in [-0.25, -0.2) is 0 Å². The quantitative estimate of drug-likeness (QED) is 0.0709.